The van der Waals surface area contributed by atoms with Gasteiger partial charge in [-0.05, 0) is 60.8 Å². The Kier molecular flexibility index (Phi) is 5.98. The van der Waals surface area contributed by atoms with E-state index in [0.29, 0.717) is 5.56 Å². The molecule has 1 fully saturated rings. The van der Waals surface area contributed by atoms with E-state index in [0.717, 1.165) is 23.0 Å². The van der Waals surface area contributed by atoms with Crippen LogP contribution in [-0.2, 0) is 6.42 Å². The van der Waals surface area contributed by atoms with Crippen molar-refractivity contribution < 1.29 is 5.82 Å². The van der Waals surface area contributed by atoms with Gasteiger partial charge in [0, 0.05) is 6.99 Å². The van der Waals surface area contributed by atoms with Crippen molar-refractivity contribution in [3.63, 3.8) is 0 Å². The van der Waals surface area contributed by atoms with Crippen molar-refractivity contribution in [3.8, 4) is 11.1 Å². The molecule has 0 radical (unpaired) electrons. The molecule has 0 aromatic heterocycles. The smallest absolute Gasteiger partial charge is 0.131 e. The average molecular weight is 314 g/mol. The summed E-state index contributed by atoms with van der Waals surface area (Å²) in [6.45, 7) is 4.28. The first kappa shape index (κ1) is 17.7. The van der Waals surface area contributed by atoms with Gasteiger partial charge in [-0.1, -0.05) is 63.6 Å². The summed E-state index contributed by atoms with van der Waals surface area (Å²) in [6, 6.07) is 13.9. The summed E-state index contributed by atoms with van der Waals surface area (Å²) >= 11 is 0. The molecule has 1 heteroatoms. The van der Waals surface area contributed by atoms with Gasteiger partial charge in [0.1, 0.15) is 5.82 Å². The Balaban J connectivity index is 0.00000144. The first-order valence-electron chi connectivity index (χ1n) is 8.47. The van der Waals surface area contributed by atoms with Crippen LogP contribution in [0.1, 0.15) is 52.6 Å². The molecule has 0 heterocycles. The summed E-state index contributed by atoms with van der Waals surface area (Å²) in [5.74, 6) is 1.61. The zero-order chi connectivity index (χ0) is 15.5. The van der Waals surface area contributed by atoms with Crippen LogP contribution in [0.15, 0.2) is 42.5 Å². The monoisotopic (exact) mass is 314 g/mol. The lowest BCUT2D eigenvalue weighted by molar-refractivity contribution is 0.289. The molecule has 0 amide bonds. The summed E-state index contributed by atoms with van der Waals surface area (Å²) in [6.07, 6.45) is 6.63. The third-order valence-electron chi connectivity index (χ3n) is 5.05. The third-order valence-corrected chi connectivity index (χ3v) is 5.05. The number of aryl methyl sites for hydroxylation is 1. The fraction of sp³-hybridized carbons (Fsp3) is 0.455. The fourth-order valence-electron chi connectivity index (χ4n) is 3.54. The molecule has 0 saturated heterocycles. The zero-order valence-electron chi connectivity index (χ0n) is 13.6. The Hall–Kier alpha value is -1.63. The number of benzene rings is 2. The van der Waals surface area contributed by atoms with Gasteiger partial charge < -0.3 is 0 Å². The van der Waals surface area contributed by atoms with Crippen molar-refractivity contribution in [2.75, 3.05) is 0 Å². The molecular weight excluding hydrogens is 283 g/mol. The second-order valence-electron chi connectivity index (χ2n) is 7.01. The highest BCUT2D eigenvalue weighted by molar-refractivity contribution is 5.64. The lowest BCUT2D eigenvalue weighted by Crippen LogP contribution is -2.14. The SMILES string of the molecule is C.Cc1ccc(-c2ccc(CC3CCC(C)CC3)cc2)c(F)c1.[HH]. The Labute approximate surface area is 142 Å². The van der Waals surface area contributed by atoms with Crippen LogP contribution in [0.5, 0.6) is 0 Å². The molecule has 0 nitrogen and oxygen atoms in total. The van der Waals surface area contributed by atoms with Crippen LogP contribution in [0.3, 0.4) is 0 Å². The highest BCUT2D eigenvalue weighted by Crippen LogP contribution is 2.31. The number of hydrogen-bond acceptors (Lipinski definition) is 0. The Morgan fingerprint density at radius 3 is 2.26 bits per heavy atom. The molecule has 1 aliphatic carbocycles. The summed E-state index contributed by atoms with van der Waals surface area (Å²) in [5.41, 5.74) is 4.02. The molecule has 0 bridgehead atoms. The van der Waals surface area contributed by atoms with Crippen LogP contribution in [0.2, 0.25) is 0 Å². The van der Waals surface area contributed by atoms with Gasteiger partial charge in [-0.15, -0.1) is 0 Å². The maximum absolute atomic E-state index is 14.0. The average Bonchev–Trinajstić information content (AvgIpc) is 2.51. The molecule has 23 heavy (non-hydrogen) atoms. The van der Waals surface area contributed by atoms with E-state index >= 15 is 0 Å². The molecule has 2 aromatic rings. The van der Waals surface area contributed by atoms with E-state index in [2.05, 4.69) is 31.2 Å². The first-order valence-corrected chi connectivity index (χ1v) is 8.47. The Morgan fingerprint density at radius 2 is 1.65 bits per heavy atom. The molecule has 3 rings (SSSR count). The van der Waals surface area contributed by atoms with Crippen molar-refractivity contribution in [2.24, 2.45) is 11.8 Å². The molecule has 0 aliphatic heterocycles. The highest BCUT2D eigenvalue weighted by Gasteiger charge is 2.18. The predicted octanol–water partition coefficient (Wildman–Crippen LogP) is 7.05. The quantitative estimate of drug-likeness (QED) is 0.569. The minimum atomic E-state index is -0.131. The van der Waals surface area contributed by atoms with E-state index in [9.17, 15) is 4.39 Å². The van der Waals surface area contributed by atoms with Crippen LogP contribution in [0.4, 0.5) is 4.39 Å². The van der Waals surface area contributed by atoms with E-state index in [4.69, 9.17) is 0 Å². The van der Waals surface area contributed by atoms with Gasteiger partial charge in [-0.3, -0.25) is 0 Å². The topological polar surface area (TPSA) is 0 Å². The molecule has 0 N–H and O–H groups in total. The standard InChI is InChI=1S/C21H25F.CH4.H2/c1-15-3-6-17(7-4-15)14-18-8-10-19(11-9-18)20-12-5-16(2)13-21(20)22;;/h5,8-13,15,17H,3-4,6-7,14H2,1-2H3;1H4;1H. The summed E-state index contributed by atoms with van der Waals surface area (Å²) in [7, 11) is 0. The van der Waals surface area contributed by atoms with Crippen molar-refractivity contribution >= 4 is 0 Å². The number of halogens is 1. The largest absolute Gasteiger partial charge is 0.206 e. The lowest BCUT2D eigenvalue weighted by atomic mass is 9.80. The van der Waals surface area contributed by atoms with Crippen LogP contribution in [0, 0.1) is 24.6 Å². The van der Waals surface area contributed by atoms with Crippen LogP contribution in [0.25, 0.3) is 11.1 Å². The maximum Gasteiger partial charge on any atom is 0.131 e. The van der Waals surface area contributed by atoms with Gasteiger partial charge in [-0.25, -0.2) is 4.39 Å². The molecule has 1 aliphatic rings. The normalized spacial score (nSPS) is 20.8. The van der Waals surface area contributed by atoms with E-state index in [1.165, 1.54) is 37.7 Å². The number of hydrogen-bond donors (Lipinski definition) is 0. The van der Waals surface area contributed by atoms with E-state index < -0.39 is 0 Å². The second-order valence-corrected chi connectivity index (χ2v) is 7.01. The molecule has 1 saturated carbocycles. The van der Waals surface area contributed by atoms with Crippen LogP contribution < -0.4 is 0 Å². The summed E-state index contributed by atoms with van der Waals surface area (Å²) < 4.78 is 14.0. The van der Waals surface area contributed by atoms with Crippen LogP contribution >= 0.6 is 0 Å². The minimum absolute atomic E-state index is 0. The van der Waals surface area contributed by atoms with Gasteiger partial charge in [0.25, 0.3) is 0 Å². The van der Waals surface area contributed by atoms with Crippen molar-refractivity contribution in [2.45, 2.75) is 53.4 Å². The van der Waals surface area contributed by atoms with Crippen molar-refractivity contribution in [3.05, 3.63) is 59.4 Å². The summed E-state index contributed by atoms with van der Waals surface area (Å²) in [5, 5.41) is 0. The van der Waals surface area contributed by atoms with Gasteiger partial charge in [0.2, 0.25) is 0 Å². The van der Waals surface area contributed by atoms with Crippen molar-refractivity contribution in [1.29, 1.82) is 0 Å². The Bertz CT molecular complexity index is 625. The lowest BCUT2D eigenvalue weighted by Gasteiger charge is -2.26. The second kappa shape index (κ2) is 7.77. The zero-order valence-corrected chi connectivity index (χ0v) is 13.6. The molecule has 0 unspecified atom stereocenters. The molecule has 126 valence electrons. The molecule has 0 spiro atoms. The van der Waals surface area contributed by atoms with E-state index in [1.807, 2.05) is 19.1 Å². The van der Waals surface area contributed by atoms with Crippen LogP contribution in [-0.4, -0.2) is 0 Å². The fourth-order valence-corrected chi connectivity index (χ4v) is 3.54. The molecule has 0 atom stereocenters. The van der Waals surface area contributed by atoms with Gasteiger partial charge in [0.15, 0.2) is 0 Å². The number of rotatable bonds is 3. The van der Waals surface area contributed by atoms with E-state index in [1.54, 1.807) is 6.07 Å². The van der Waals surface area contributed by atoms with E-state index in [-0.39, 0.29) is 14.7 Å². The Morgan fingerprint density at radius 1 is 1.00 bits per heavy atom. The molecule has 2 aromatic carbocycles. The van der Waals surface area contributed by atoms with Gasteiger partial charge in [-0.2, -0.15) is 0 Å². The van der Waals surface area contributed by atoms with Gasteiger partial charge in [0.05, 0.1) is 0 Å². The first-order chi connectivity index (χ1) is 10.6. The molecular formula is C22H31F. The summed E-state index contributed by atoms with van der Waals surface area (Å²) in [4.78, 5) is 0. The maximum atomic E-state index is 14.0. The van der Waals surface area contributed by atoms with Crippen molar-refractivity contribution in [1.82, 2.24) is 0 Å². The highest BCUT2D eigenvalue weighted by atomic mass is 19.1. The predicted molar refractivity (Wildman–Crippen MR) is 100 cm³/mol. The minimum Gasteiger partial charge on any atom is -0.206 e. The third kappa shape index (κ3) is 4.43. The van der Waals surface area contributed by atoms with Gasteiger partial charge >= 0.3 is 0 Å².